The molecule has 0 aromatic carbocycles. The van der Waals surface area contributed by atoms with Crippen molar-refractivity contribution in [3.63, 3.8) is 0 Å². The van der Waals surface area contributed by atoms with Crippen LogP contribution in [0.5, 0.6) is 0 Å². The minimum absolute atomic E-state index is 0.0909. The predicted octanol–water partition coefficient (Wildman–Crippen LogP) is -0.306. The molecule has 0 aromatic heterocycles. The summed E-state index contributed by atoms with van der Waals surface area (Å²) in [7, 11) is 1.33. The van der Waals surface area contributed by atoms with Crippen molar-refractivity contribution in [2.24, 2.45) is 5.92 Å². The van der Waals surface area contributed by atoms with E-state index in [1.54, 1.807) is 0 Å². The first kappa shape index (κ1) is 15.4. The van der Waals surface area contributed by atoms with Crippen LogP contribution in [0.3, 0.4) is 0 Å². The van der Waals surface area contributed by atoms with Gasteiger partial charge in [-0.1, -0.05) is 0 Å². The maximum atomic E-state index is 12.7. The molecule has 1 aliphatic heterocycles. The van der Waals surface area contributed by atoms with Crippen molar-refractivity contribution < 1.29 is 28.4 Å². The highest BCUT2D eigenvalue weighted by molar-refractivity contribution is 5.90. The summed E-state index contributed by atoms with van der Waals surface area (Å²) in [6.07, 6.45) is 0.135. The number of hydrogen-bond donors (Lipinski definition) is 3. The van der Waals surface area contributed by atoms with Gasteiger partial charge in [0, 0.05) is 13.5 Å². The molecule has 2 atom stereocenters. The van der Waals surface area contributed by atoms with Crippen LogP contribution in [0.1, 0.15) is 19.3 Å². The minimum atomic E-state index is -3.01. The third-order valence-electron chi connectivity index (χ3n) is 3.59. The predicted molar refractivity (Wildman–Crippen MR) is 64.0 cm³/mol. The Morgan fingerprint density at radius 1 is 1.33 bits per heavy atom. The second-order valence-corrected chi connectivity index (χ2v) is 5.17. The van der Waals surface area contributed by atoms with Gasteiger partial charge in [-0.2, -0.15) is 0 Å². The van der Waals surface area contributed by atoms with Gasteiger partial charge < -0.3 is 4.90 Å². The molecule has 0 bridgehead atoms. The Bertz CT molecular complexity index is 473. The summed E-state index contributed by atoms with van der Waals surface area (Å²) in [5.41, 5.74) is 3.97. The number of halogens is 2. The van der Waals surface area contributed by atoms with E-state index in [0.29, 0.717) is 11.5 Å². The van der Waals surface area contributed by atoms with Crippen LogP contribution in [0.2, 0.25) is 0 Å². The van der Waals surface area contributed by atoms with Gasteiger partial charge in [0.25, 0.3) is 11.8 Å². The number of nitrogens with one attached hydrogen (secondary N) is 2. The van der Waals surface area contributed by atoms with Gasteiger partial charge in [0.05, 0.1) is 6.54 Å². The Morgan fingerprint density at radius 3 is 2.48 bits per heavy atom. The molecular formula is C11H16F2N4O4. The molecule has 1 aliphatic carbocycles. The number of carbonyl (C=O) groups is 3. The van der Waals surface area contributed by atoms with Gasteiger partial charge in [-0.05, 0) is 12.8 Å². The van der Waals surface area contributed by atoms with Crippen molar-refractivity contribution in [3.8, 4) is 0 Å². The fourth-order valence-electron chi connectivity index (χ4n) is 2.14. The van der Waals surface area contributed by atoms with E-state index in [1.165, 1.54) is 7.05 Å². The fraction of sp³-hybridized carbons (Fsp3) is 0.727. The van der Waals surface area contributed by atoms with Crippen LogP contribution in [-0.2, 0) is 9.59 Å². The summed E-state index contributed by atoms with van der Waals surface area (Å²) in [5, 5.41) is 9.84. The summed E-state index contributed by atoms with van der Waals surface area (Å²) in [6, 6.07) is -1.64. The molecule has 118 valence electrons. The normalized spacial score (nSPS) is 27.9. The van der Waals surface area contributed by atoms with E-state index in [-0.39, 0.29) is 13.0 Å². The highest BCUT2D eigenvalue weighted by atomic mass is 19.3. The van der Waals surface area contributed by atoms with Crippen molar-refractivity contribution in [1.29, 1.82) is 0 Å². The maximum absolute atomic E-state index is 12.7. The van der Waals surface area contributed by atoms with Crippen LogP contribution in [0.15, 0.2) is 0 Å². The largest absolute Gasteiger partial charge is 0.344 e. The number of hydrazine groups is 1. The molecule has 1 heterocycles. The van der Waals surface area contributed by atoms with Gasteiger partial charge in [0.2, 0.25) is 5.91 Å². The van der Waals surface area contributed by atoms with Crippen molar-refractivity contribution in [3.05, 3.63) is 0 Å². The van der Waals surface area contributed by atoms with Crippen LogP contribution in [0.25, 0.3) is 0 Å². The first-order valence-corrected chi connectivity index (χ1v) is 6.45. The van der Waals surface area contributed by atoms with Crippen LogP contribution in [0.4, 0.5) is 13.6 Å². The van der Waals surface area contributed by atoms with Gasteiger partial charge in [-0.3, -0.25) is 25.6 Å². The highest BCUT2D eigenvalue weighted by Gasteiger charge is 2.61. The summed E-state index contributed by atoms with van der Waals surface area (Å²) in [6.45, 7) is 0.0909. The number of amides is 4. The number of hydrogen-bond acceptors (Lipinski definition) is 4. The van der Waals surface area contributed by atoms with E-state index in [9.17, 15) is 28.4 Å². The SMILES string of the molecule is CN1C(=O)N(O)CCCC1C(=O)NNC(=O)C1CC1(F)F. The second-order valence-electron chi connectivity index (χ2n) is 5.17. The zero-order chi connectivity index (χ0) is 15.8. The lowest BCUT2D eigenvalue weighted by Gasteiger charge is -2.26. The van der Waals surface area contributed by atoms with Gasteiger partial charge in [-0.25, -0.2) is 18.6 Å². The van der Waals surface area contributed by atoms with Crippen molar-refractivity contribution in [2.45, 2.75) is 31.2 Å². The molecule has 1 saturated carbocycles. The lowest BCUT2D eigenvalue weighted by molar-refractivity contribution is -0.133. The Labute approximate surface area is 119 Å². The molecule has 8 nitrogen and oxygen atoms in total. The van der Waals surface area contributed by atoms with Crippen LogP contribution in [0, 0.1) is 5.92 Å². The summed E-state index contributed by atoms with van der Waals surface area (Å²) in [4.78, 5) is 35.9. The summed E-state index contributed by atoms with van der Waals surface area (Å²) >= 11 is 0. The molecule has 2 unspecified atom stereocenters. The van der Waals surface area contributed by atoms with E-state index in [1.807, 2.05) is 10.9 Å². The van der Waals surface area contributed by atoms with E-state index < -0.39 is 42.1 Å². The molecule has 2 rings (SSSR count). The Balaban J connectivity index is 1.88. The maximum Gasteiger partial charge on any atom is 0.344 e. The molecule has 10 heteroatoms. The molecule has 1 saturated heterocycles. The Kier molecular flexibility index (Phi) is 3.99. The third-order valence-corrected chi connectivity index (χ3v) is 3.59. The first-order valence-electron chi connectivity index (χ1n) is 6.45. The average molecular weight is 306 g/mol. The number of nitrogens with zero attached hydrogens (tertiary/aromatic N) is 2. The zero-order valence-electron chi connectivity index (χ0n) is 11.3. The molecule has 0 radical (unpaired) electrons. The molecule has 3 N–H and O–H groups in total. The Hall–Kier alpha value is -1.97. The second kappa shape index (κ2) is 5.43. The zero-order valence-corrected chi connectivity index (χ0v) is 11.3. The number of rotatable bonds is 2. The van der Waals surface area contributed by atoms with E-state index in [4.69, 9.17) is 0 Å². The van der Waals surface area contributed by atoms with Crippen molar-refractivity contribution >= 4 is 17.8 Å². The molecule has 2 fully saturated rings. The lowest BCUT2D eigenvalue weighted by atomic mass is 10.1. The van der Waals surface area contributed by atoms with E-state index in [2.05, 4.69) is 0 Å². The van der Waals surface area contributed by atoms with Gasteiger partial charge in [-0.15, -0.1) is 0 Å². The standard InChI is InChI=1S/C11H16F2N4O4/c1-16-7(3-2-4-17(21)10(16)20)9(19)15-14-8(18)6-5-11(6,12)13/h6-7,21H,2-5H2,1H3,(H,14,18)(H,15,19). The van der Waals surface area contributed by atoms with Crippen molar-refractivity contribution in [1.82, 2.24) is 20.8 Å². The molecule has 4 amide bonds. The number of carbonyl (C=O) groups excluding carboxylic acids is 3. The number of hydroxylamine groups is 2. The van der Waals surface area contributed by atoms with Gasteiger partial charge >= 0.3 is 6.03 Å². The van der Waals surface area contributed by atoms with Crippen LogP contribution < -0.4 is 10.9 Å². The summed E-state index contributed by atoms with van der Waals surface area (Å²) in [5.74, 6) is -6.08. The number of urea groups is 1. The quantitative estimate of drug-likeness (QED) is 0.481. The Morgan fingerprint density at radius 2 is 1.90 bits per heavy atom. The monoisotopic (exact) mass is 306 g/mol. The third kappa shape index (κ3) is 3.20. The van der Waals surface area contributed by atoms with Gasteiger partial charge in [0.1, 0.15) is 12.0 Å². The topological polar surface area (TPSA) is 102 Å². The lowest BCUT2D eigenvalue weighted by Crippen LogP contribution is -2.53. The molecule has 0 spiro atoms. The number of alkyl halides is 2. The summed E-state index contributed by atoms with van der Waals surface area (Å²) < 4.78 is 25.4. The smallest absolute Gasteiger partial charge is 0.314 e. The minimum Gasteiger partial charge on any atom is -0.314 e. The van der Waals surface area contributed by atoms with Crippen molar-refractivity contribution in [2.75, 3.05) is 13.6 Å². The fourth-order valence-corrected chi connectivity index (χ4v) is 2.14. The van der Waals surface area contributed by atoms with Gasteiger partial charge in [0.15, 0.2) is 0 Å². The molecular weight excluding hydrogens is 290 g/mol. The first-order chi connectivity index (χ1) is 9.74. The average Bonchev–Trinajstić information content (AvgIpc) is 3.09. The van der Waals surface area contributed by atoms with Crippen LogP contribution >= 0.6 is 0 Å². The molecule has 0 aromatic rings. The van der Waals surface area contributed by atoms with Crippen LogP contribution in [-0.4, -0.2) is 58.6 Å². The molecule has 21 heavy (non-hydrogen) atoms. The highest BCUT2D eigenvalue weighted by Crippen LogP contribution is 2.48. The molecule has 2 aliphatic rings. The van der Waals surface area contributed by atoms with E-state index in [0.717, 1.165) is 4.90 Å². The van der Waals surface area contributed by atoms with E-state index >= 15 is 0 Å². The number of likely N-dealkylation sites (N-methyl/N-ethyl adjacent to an activating group) is 1.